The van der Waals surface area contributed by atoms with E-state index in [1.54, 1.807) is 17.9 Å². The Balaban J connectivity index is 1.72. The quantitative estimate of drug-likeness (QED) is 0.435. The lowest BCUT2D eigenvalue weighted by Crippen LogP contribution is -2.43. The van der Waals surface area contributed by atoms with Crippen molar-refractivity contribution in [2.45, 2.75) is 65.8 Å². The van der Waals surface area contributed by atoms with Crippen molar-refractivity contribution in [2.24, 2.45) is 11.8 Å². The highest BCUT2D eigenvalue weighted by Gasteiger charge is 2.32. The number of amides is 1. The van der Waals surface area contributed by atoms with Crippen molar-refractivity contribution in [3.63, 3.8) is 0 Å². The van der Waals surface area contributed by atoms with Gasteiger partial charge in [-0.15, -0.1) is 0 Å². The average molecular weight is 510 g/mol. The summed E-state index contributed by atoms with van der Waals surface area (Å²) in [6.07, 6.45) is -1.75. The van der Waals surface area contributed by atoms with Crippen molar-refractivity contribution in [2.75, 3.05) is 19.7 Å². The molecular formula is C26H34F3N3O4. The monoisotopic (exact) mass is 509 g/mol. The maximum atomic E-state index is 13.2. The molecule has 0 unspecified atom stereocenters. The second-order valence-corrected chi connectivity index (χ2v) is 9.56. The summed E-state index contributed by atoms with van der Waals surface area (Å²) in [5.41, 5.74) is -0.0203. The molecule has 2 aromatic rings. The summed E-state index contributed by atoms with van der Waals surface area (Å²) in [6.45, 7) is 9.38. The first-order valence-electron chi connectivity index (χ1n) is 12.3. The average Bonchev–Trinajstić information content (AvgIpc) is 3.31. The van der Waals surface area contributed by atoms with Crippen LogP contribution in [0.4, 0.5) is 13.2 Å². The van der Waals surface area contributed by atoms with E-state index in [0.29, 0.717) is 37.4 Å². The lowest BCUT2D eigenvalue weighted by molar-refractivity contribution is -0.149. The fourth-order valence-corrected chi connectivity index (χ4v) is 4.28. The van der Waals surface area contributed by atoms with Gasteiger partial charge in [0.2, 0.25) is 5.89 Å². The maximum absolute atomic E-state index is 13.2. The van der Waals surface area contributed by atoms with Gasteiger partial charge in [0.15, 0.2) is 5.69 Å². The second kappa shape index (κ2) is 11.9. The molecule has 0 radical (unpaired) electrons. The highest BCUT2D eigenvalue weighted by molar-refractivity contribution is 5.92. The number of aromatic nitrogens is 1. The van der Waals surface area contributed by atoms with Crippen LogP contribution < -0.4 is 0 Å². The van der Waals surface area contributed by atoms with Crippen LogP contribution in [0.25, 0.3) is 0 Å². The van der Waals surface area contributed by atoms with Crippen molar-refractivity contribution in [1.82, 2.24) is 14.8 Å². The predicted octanol–water partition coefficient (Wildman–Crippen LogP) is 5.16. The zero-order valence-electron chi connectivity index (χ0n) is 21.2. The molecule has 3 rings (SSSR count). The molecule has 1 aromatic carbocycles. The minimum absolute atomic E-state index is 0.0121. The largest absolute Gasteiger partial charge is 0.466 e. The zero-order chi connectivity index (χ0) is 26.5. The first-order chi connectivity index (χ1) is 17.0. The minimum Gasteiger partial charge on any atom is -0.466 e. The summed E-state index contributed by atoms with van der Waals surface area (Å²) in [4.78, 5) is 33.1. The van der Waals surface area contributed by atoms with E-state index in [0.717, 1.165) is 12.1 Å². The van der Waals surface area contributed by atoms with E-state index in [4.69, 9.17) is 9.15 Å². The molecule has 0 N–H and O–H groups in total. The van der Waals surface area contributed by atoms with Gasteiger partial charge in [0.1, 0.15) is 6.26 Å². The Kier molecular flexibility index (Phi) is 9.16. The normalized spacial score (nSPS) is 17.5. The van der Waals surface area contributed by atoms with Crippen LogP contribution in [0.15, 0.2) is 34.9 Å². The third kappa shape index (κ3) is 7.09. The molecule has 1 aliphatic rings. The van der Waals surface area contributed by atoms with Gasteiger partial charge >= 0.3 is 12.1 Å². The van der Waals surface area contributed by atoms with Gasteiger partial charge < -0.3 is 14.1 Å². The van der Waals surface area contributed by atoms with Gasteiger partial charge in [0, 0.05) is 25.7 Å². The molecule has 198 valence electrons. The molecule has 1 saturated heterocycles. The molecule has 36 heavy (non-hydrogen) atoms. The summed E-state index contributed by atoms with van der Waals surface area (Å²) >= 11 is 0. The van der Waals surface area contributed by atoms with Crippen LogP contribution in [-0.2, 0) is 28.8 Å². The van der Waals surface area contributed by atoms with Gasteiger partial charge in [0.05, 0.1) is 24.6 Å². The van der Waals surface area contributed by atoms with Crippen LogP contribution in [-0.4, -0.2) is 52.4 Å². The van der Waals surface area contributed by atoms with Gasteiger partial charge in [-0.3, -0.25) is 14.5 Å². The minimum atomic E-state index is -4.41. The highest BCUT2D eigenvalue weighted by atomic mass is 19.4. The molecule has 2 atom stereocenters. The van der Waals surface area contributed by atoms with Crippen molar-refractivity contribution in [1.29, 1.82) is 0 Å². The van der Waals surface area contributed by atoms with E-state index in [1.807, 2.05) is 25.7 Å². The van der Waals surface area contributed by atoms with Crippen LogP contribution in [0.2, 0.25) is 0 Å². The summed E-state index contributed by atoms with van der Waals surface area (Å²) in [5.74, 6) is -0.454. The second-order valence-electron chi connectivity index (χ2n) is 9.56. The van der Waals surface area contributed by atoms with E-state index in [9.17, 15) is 22.8 Å². The van der Waals surface area contributed by atoms with Crippen LogP contribution in [0, 0.1) is 11.8 Å². The van der Waals surface area contributed by atoms with Crippen LogP contribution in [0.5, 0.6) is 0 Å². The van der Waals surface area contributed by atoms with Gasteiger partial charge in [-0.2, -0.15) is 13.2 Å². The molecule has 0 saturated carbocycles. The van der Waals surface area contributed by atoms with E-state index in [2.05, 4.69) is 4.98 Å². The van der Waals surface area contributed by atoms with Crippen molar-refractivity contribution >= 4 is 11.9 Å². The Morgan fingerprint density at radius 1 is 1.25 bits per heavy atom. The summed E-state index contributed by atoms with van der Waals surface area (Å²) in [6, 6.07) is 5.29. The molecule has 1 amide bonds. The van der Waals surface area contributed by atoms with E-state index >= 15 is 0 Å². The van der Waals surface area contributed by atoms with Crippen molar-refractivity contribution < 1.29 is 31.9 Å². The van der Waals surface area contributed by atoms with Crippen molar-refractivity contribution in [3.8, 4) is 0 Å². The van der Waals surface area contributed by atoms with E-state index in [1.165, 1.54) is 12.3 Å². The Hall–Kier alpha value is -2.88. The fraction of sp³-hybridized carbons (Fsp3) is 0.577. The lowest BCUT2D eigenvalue weighted by atomic mass is 9.98. The number of carbonyl (C=O) groups excluding carboxylic acids is 2. The van der Waals surface area contributed by atoms with E-state index in [-0.39, 0.29) is 55.1 Å². The smallest absolute Gasteiger partial charge is 0.416 e. The van der Waals surface area contributed by atoms with Gasteiger partial charge in [-0.1, -0.05) is 32.0 Å². The summed E-state index contributed by atoms with van der Waals surface area (Å²) in [5, 5.41) is 0. The van der Waals surface area contributed by atoms with Crippen molar-refractivity contribution in [3.05, 3.63) is 53.2 Å². The third-order valence-corrected chi connectivity index (χ3v) is 6.62. The molecule has 10 heteroatoms. The Bertz CT molecular complexity index is 1040. The van der Waals surface area contributed by atoms with Gasteiger partial charge in [-0.05, 0) is 44.2 Å². The number of halogens is 3. The number of piperidine rings is 1. The number of nitrogens with zero attached hydrogens (tertiary/aromatic N) is 3. The maximum Gasteiger partial charge on any atom is 0.416 e. The molecular weight excluding hydrogens is 475 g/mol. The number of benzene rings is 1. The SMILES string of the molecule is CCOC(=O)[C@H]1CCCN(C(=O)c2coc(CN(Cc3cccc(C(F)(F)F)c3)[C@H](C)C(C)C)n2)C1. The Morgan fingerprint density at radius 3 is 2.67 bits per heavy atom. The summed E-state index contributed by atoms with van der Waals surface area (Å²) in [7, 11) is 0. The molecule has 1 aromatic heterocycles. The summed E-state index contributed by atoms with van der Waals surface area (Å²) < 4.78 is 50.2. The number of esters is 1. The molecule has 2 heterocycles. The van der Waals surface area contributed by atoms with Gasteiger partial charge in [-0.25, -0.2) is 4.98 Å². The molecule has 0 aliphatic carbocycles. The molecule has 1 aliphatic heterocycles. The number of oxazole rings is 1. The number of alkyl halides is 3. The number of hydrogen-bond donors (Lipinski definition) is 0. The lowest BCUT2D eigenvalue weighted by Gasteiger charge is -2.31. The Labute approximate surface area is 209 Å². The number of likely N-dealkylation sites (tertiary alicyclic amines) is 1. The highest BCUT2D eigenvalue weighted by Crippen LogP contribution is 2.30. The molecule has 0 spiro atoms. The number of ether oxygens (including phenoxy) is 1. The predicted molar refractivity (Wildman–Crippen MR) is 127 cm³/mol. The molecule has 0 bridgehead atoms. The van der Waals surface area contributed by atoms with Gasteiger partial charge in [0.25, 0.3) is 5.91 Å². The zero-order valence-corrected chi connectivity index (χ0v) is 21.2. The first kappa shape index (κ1) is 27.7. The van der Waals surface area contributed by atoms with Crippen LogP contribution in [0.1, 0.15) is 68.0 Å². The standard InChI is InChI=1S/C26H34F3N3O4/c1-5-35-25(34)20-9-7-11-31(14-20)24(33)22-16-36-23(30-22)15-32(18(4)17(2)3)13-19-8-6-10-21(12-19)26(27,28)29/h6,8,10,12,16-18,20H,5,7,9,11,13-15H2,1-4H3/t18-,20+/m1/s1. The van der Waals surface area contributed by atoms with Crippen LogP contribution in [0.3, 0.4) is 0 Å². The molecule has 7 nitrogen and oxygen atoms in total. The first-order valence-corrected chi connectivity index (χ1v) is 12.3. The number of hydrogen-bond acceptors (Lipinski definition) is 6. The topological polar surface area (TPSA) is 75.9 Å². The number of carbonyl (C=O) groups is 2. The fourth-order valence-electron chi connectivity index (χ4n) is 4.28. The third-order valence-electron chi connectivity index (χ3n) is 6.62. The Morgan fingerprint density at radius 2 is 2.00 bits per heavy atom. The number of rotatable bonds is 9. The van der Waals surface area contributed by atoms with E-state index < -0.39 is 11.7 Å². The molecule has 1 fully saturated rings. The van der Waals surface area contributed by atoms with Crippen LogP contribution >= 0.6 is 0 Å².